The highest BCUT2D eigenvalue weighted by molar-refractivity contribution is 7.97. The van der Waals surface area contributed by atoms with Crippen molar-refractivity contribution in [3.63, 3.8) is 0 Å². The van der Waals surface area contributed by atoms with E-state index >= 15 is 0 Å². The van der Waals surface area contributed by atoms with Gasteiger partial charge in [0, 0.05) is 11.9 Å². The molecular formula is C7H5FN2S. The average Bonchev–Trinajstić information content (AvgIpc) is 2.04. The Morgan fingerprint density at radius 2 is 2.18 bits per heavy atom. The molecule has 0 amide bonds. The third kappa shape index (κ3) is 1.21. The van der Waals surface area contributed by atoms with E-state index in [4.69, 9.17) is 0 Å². The van der Waals surface area contributed by atoms with Crippen LogP contribution in [0.25, 0.3) is 0 Å². The van der Waals surface area contributed by atoms with E-state index in [0.29, 0.717) is 4.53 Å². The van der Waals surface area contributed by atoms with E-state index in [1.54, 1.807) is 0 Å². The fraction of sp³-hybridized carbons (Fsp3) is 0. The van der Waals surface area contributed by atoms with Crippen LogP contribution in [-0.4, -0.2) is 10.9 Å². The molecule has 0 saturated carbocycles. The lowest BCUT2D eigenvalue weighted by Gasteiger charge is -2.12. The SMILES string of the molecule is FN1C=Nc2ccccc2S1. The van der Waals surface area contributed by atoms with E-state index in [1.165, 1.54) is 0 Å². The first-order valence-corrected chi connectivity index (χ1v) is 3.90. The first kappa shape index (κ1) is 6.67. The molecule has 0 spiro atoms. The minimum absolute atomic E-state index is 0.488. The summed E-state index contributed by atoms with van der Waals surface area (Å²) in [5, 5.41) is 0. The predicted octanol–water partition coefficient (Wildman–Crippen LogP) is 2.55. The molecule has 2 nitrogen and oxygen atoms in total. The Morgan fingerprint density at radius 3 is 3.09 bits per heavy atom. The number of para-hydroxylation sites is 1. The Kier molecular flexibility index (Phi) is 1.54. The van der Waals surface area contributed by atoms with Crippen LogP contribution in [0.5, 0.6) is 0 Å². The largest absolute Gasteiger partial charge is 0.234 e. The van der Waals surface area contributed by atoms with E-state index in [1.807, 2.05) is 24.3 Å². The second-order valence-electron chi connectivity index (χ2n) is 2.08. The van der Waals surface area contributed by atoms with Gasteiger partial charge in [0.1, 0.15) is 6.34 Å². The van der Waals surface area contributed by atoms with Gasteiger partial charge in [0.05, 0.1) is 10.6 Å². The van der Waals surface area contributed by atoms with E-state index in [2.05, 4.69) is 4.99 Å². The summed E-state index contributed by atoms with van der Waals surface area (Å²) in [4.78, 5) is 4.72. The zero-order chi connectivity index (χ0) is 7.68. The van der Waals surface area contributed by atoms with Crippen LogP contribution in [-0.2, 0) is 0 Å². The van der Waals surface area contributed by atoms with E-state index < -0.39 is 0 Å². The van der Waals surface area contributed by atoms with E-state index in [-0.39, 0.29) is 0 Å². The van der Waals surface area contributed by atoms with Crippen molar-refractivity contribution < 1.29 is 4.48 Å². The highest BCUT2D eigenvalue weighted by Crippen LogP contribution is 2.34. The van der Waals surface area contributed by atoms with Crippen LogP contribution in [0.4, 0.5) is 10.2 Å². The lowest BCUT2D eigenvalue weighted by molar-refractivity contribution is 0.271. The van der Waals surface area contributed by atoms with Gasteiger partial charge in [0.2, 0.25) is 0 Å². The number of hydrogen-bond donors (Lipinski definition) is 0. The number of fused-ring (bicyclic) bond motifs is 1. The second-order valence-corrected chi connectivity index (χ2v) is 3.05. The van der Waals surface area contributed by atoms with E-state index in [9.17, 15) is 4.48 Å². The van der Waals surface area contributed by atoms with Crippen molar-refractivity contribution in [2.24, 2.45) is 4.99 Å². The number of aliphatic imine (C=N–C) groups is 1. The fourth-order valence-electron chi connectivity index (χ4n) is 0.866. The van der Waals surface area contributed by atoms with Crippen molar-refractivity contribution in [3.8, 4) is 0 Å². The smallest absolute Gasteiger partial charge is 0.135 e. The minimum atomic E-state index is 0.488. The molecule has 0 aromatic heterocycles. The number of nitrogens with zero attached hydrogens (tertiary/aromatic N) is 2. The average molecular weight is 168 g/mol. The molecule has 11 heavy (non-hydrogen) atoms. The zero-order valence-electron chi connectivity index (χ0n) is 5.57. The van der Waals surface area contributed by atoms with Crippen LogP contribution in [0.2, 0.25) is 0 Å². The molecule has 1 aromatic carbocycles. The fourth-order valence-corrected chi connectivity index (χ4v) is 1.50. The van der Waals surface area contributed by atoms with Gasteiger partial charge >= 0.3 is 0 Å². The Balaban J connectivity index is 2.46. The Labute approximate surface area is 67.8 Å². The number of halogens is 1. The summed E-state index contributed by atoms with van der Waals surface area (Å²) in [6.07, 6.45) is 1.16. The van der Waals surface area contributed by atoms with Crippen LogP contribution < -0.4 is 0 Å². The second kappa shape index (κ2) is 2.54. The van der Waals surface area contributed by atoms with Crippen molar-refractivity contribution in [2.45, 2.75) is 4.90 Å². The van der Waals surface area contributed by atoms with Gasteiger partial charge in [-0.1, -0.05) is 16.6 Å². The first-order chi connectivity index (χ1) is 5.36. The molecular weight excluding hydrogens is 163 g/mol. The van der Waals surface area contributed by atoms with Gasteiger partial charge < -0.3 is 0 Å². The van der Waals surface area contributed by atoms with Gasteiger partial charge in [-0.15, -0.1) is 4.53 Å². The highest BCUT2D eigenvalue weighted by Gasteiger charge is 2.10. The van der Waals surface area contributed by atoms with Crippen LogP contribution in [0, 0.1) is 0 Å². The number of rotatable bonds is 0. The Morgan fingerprint density at radius 1 is 1.36 bits per heavy atom. The van der Waals surface area contributed by atoms with Crippen LogP contribution >= 0.6 is 11.9 Å². The summed E-state index contributed by atoms with van der Waals surface area (Å²) in [7, 11) is 0. The van der Waals surface area contributed by atoms with Crippen molar-refractivity contribution >= 4 is 24.0 Å². The maximum Gasteiger partial charge on any atom is 0.135 e. The summed E-state index contributed by atoms with van der Waals surface area (Å²) in [6, 6.07) is 7.43. The van der Waals surface area contributed by atoms with Gasteiger partial charge in [-0.25, -0.2) is 4.99 Å². The van der Waals surface area contributed by atoms with Crippen LogP contribution in [0.1, 0.15) is 0 Å². The van der Waals surface area contributed by atoms with Gasteiger partial charge in [-0.05, 0) is 12.1 Å². The monoisotopic (exact) mass is 168 g/mol. The third-order valence-electron chi connectivity index (χ3n) is 1.34. The van der Waals surface area contributed by atoms with Crippen LogP contribution in [0.3, 0.4) is 0 Å². The quantitative estimate of drug-likeness (QED) is 0.437. The van der Waals surface area contributed by atoms with Gasteiger partial charge in [-0.3, -0.25) is 0 Å². The van der Waals surface area contributed by atoms with Crippen LogP contribution in [0.15, 0.2) is 34.2 Å². The molecule has 0 N–H and O–H groups in total. The molecule has 0 fully saturated rings. The third-order valence-corrected chi connectivity index (χ3v) is 2.15. The normalized spacial score (nSPS) is 14.8. The molecule has 1 aromatic rings. The summed E-state index contributed by atoms with van der Waals surface area (Å²) >= 11 is 1.03. The molecule has 0 bridgehead atoms. The van der Waals surface area contributed by atoms with Gasteiger partial charge in [0.15, 0.2) is 0 Å². The molecule has 0 radical (unpaired) electrons. The summed E-state index contributed by atoms with van der Waals surface area (Å²) in [6.45, 7) is 0. The van der Waals surface area contributed by atoms with E-state index in [0.717, 1.165) is 28.9 Å². The molecule has 0 saturated heterocycles. The summed E-state index contributed by atoms with van der Waals surface area (Å²) in [5.74, 6) is 0. The molecule has 1 aliphatic heterocycles. The lowest BCUT2D eigenvalue weighted by atomic mass is 10.3. The Bertz CT molecular complexity index is 300. The van der Waals surface area contributed by atoms with Gasteiger partial charge in [-0.2, -0.15) is 0 Å². The molecule has 0 unspecified atom stereocenters. The topological polar surface area (TPSA) is 15.6 Å². The van der Waals surface area contributed by atoms with Crippen molar-refractivity contribution in [1.29, 1.82) is 0 Å². The molecule has 0 atom stereocenters. The summed E-state index contributed by atoms with van der Waals surface area (Å²) < 4.78 is 13.0. The maximum atomic E-state index is 12.5. The number of benzene rings is 1. The molecule has 1 aliphatic rings. The minimum Gasteiger partial charge on any atom is -0.234 e. The zero-order valence-corrected chi connectivity index (χ0v) is 6.38. The molecule has 56 valence electrons. The first-order valence-electron chi connectivity index (χ1n) is 3.12. The molecule has 0 aliphatic carbocycles. The lowest BCUT2D eigenvalue weighted by Crippen LogP contribution is -2.02. The molecule has 4 heteroatoms. The molecule has 2 rings (SSSR count). The van der Waals surface area contributed by atoms with Gasteiger partial charge in [0.25, 0.3) is 0 Å². The number of hydrogen-bond acceptors (Lipinski definition) is 3. The molecule has 1 heterocycles. The maximum absolute atomic E-state index is 12.5. The predicted molar refractivity (Wildman–Crippen MR) is 43.4 cm³/mol. The van der Waals surface area contributed by atoms with Crippen molar-refractivity contribution in [3.05, 3.63) is 24.3 Å². The highest BCUT2D eigenvalue weighted by atomic mass is 32.2. The summed E-state index contributed by atoms with van der Waals surface area (Å²) in [5.41, 5.74) is 0.825. The Hall–Kier alpha value is -1.03. The van der Waals surface area contributed by atoms with Crippen molar-refractivity contribution in [1.82, 2.24) is 4.53 Å². The standard InChI is InChI=1S/C7H5FN2S/c8-10-5-9-6-3-1-2-4-7(6)11-10/h1-5H. The van der Waals surface area contributed by atoms with Crippen molar-refractivity contribution in [2.75, 3.05) is 0 Å².